The molecule has 0 saturated carbocycles. The van der Waals surface area contributed by atoms with Crippen LogP contribution in [0.4, 0.5) is 10.6 Å². The minimum absolute atomic E-state index is 0.0427. The SMILES string of the molecule is O=C(CO)c1ccc(CN(C(=O)N2CCCCC2)c2ccccn2)cc1. The molecule has 1 aromatic carbocycles. The van der Waals surface area contributed by atoms with Crippen LogP contribution in [0.3, 0.4) is 0 Å². The number of aliphatic hydroxyl groups is 1. The summed E-state index contributed by atoms with van der Waals surface area (Å²) in [4.78, 5) is 32.5. The van der Waals surface area contributed by atoms with Gasteiger partial charge in [-0.25, -0.2) is 9.78 Å². The molecule has 3 rings (SSSR count). The van der Waals surface area contributed by atoms with Gasteiger partial charge in [0.15, 0.2) is 5.78 Å². The van der Waals surface area contributed by atoms with Gasteiger partial charge in [-0.3, -0.25) is 9.69 Å². The molecule has 0 spiro atoms. The van der Waals surface area contributed by atoms with Crippen LogP contribution in [0.15, 0.2) is 48.7 Å². The molecule has 1 N–H and O–H groups in total. The first-order chi connectivity index (χ1) is 12.7. The Morgan fingerprint density at radius 2 is 1.77 bits per heavy atom. The van der Waals surface area contributed by atoms with Crippen molar-refractivity contribution in [3.05, 3.63) is 59.8 Å². The summed E-state index contributed by atoms with van der Waals surface area (Å²) in [5.41, 5.74) is 1.36. The smallest absolute Gasteiger partial charge is 0.325 e. The number of Topliss-reactive ketones (excluding diaryl/α,β-unsaturated/α-hetero) is 1. The van der Waals surface area contributed by atoms with Gasteiger partial charge in [0.05, 0.1) is 6.54 Å². The summed E-state index contributed by atoms with van der Waals surface area (Å²) < 4.78 is 0. The number of rotatable bonds is 5. The molecule has 26 heavy (non-hydrogen) atoms. The Kier molecular flexibility index (Phi) is 5.96. The Balaban J connectivity index is 1.81. The fraction of sp³-hybridized carbons (Fsp3) is 0.350. The minimum Gasteiger partial charge on any atom is -0.388 e. The fourth-order valence-corrected chi connectivity index (χ4v) is 3.09. The summed E-state index contributed by atoms with van der Waals surface area (Å²) in [7, 11) is 0. The van der Waals surface area contributed by atoms with Crippen molar-refractivity contribution in [3.63, 3.8) is 0 Å². The van der Waals surface area contributed by atoms with Crippen LogP contribution in [0.1, 0.15) is 35.2 Å². The van der Waals surface area contributed by atoms with Crippen molar-refractivity contribution in [2.24, 2.45) is 0 Å². The first-order valence-electron chi connectivity index (χ1n) is 8.89. The Morgan fingerprint density at radius 3 is 2.38 bits per heavy atom. The molecule has 2 aromatic rings. The lowest BCUT2D eigenvalue weighted by Gasteiger charge is -2.32. The number of hydrogen-bond acceptors (Lipinski definition) is 4. The van der Waals surface area contributed by atoms with Crippen LogP contribution in [-0.2, 0) is 6.54 Å². The number of urea groups is 1. The Hall–Kier alpha value is -2.73. The maximum absolute atomic E-state index is 13.0. The number of carbonyl (C=O) groups is 2. The monoisotopic (exact) mass is 353 g/mol. The largest absolute Gasteiger partial charge is 0.388 e. The number of piperidine rings is 1. The molecule has 0 atom stereocenters. The summed E-state index contributed by atoms with van der Waals surface area (Å²) in [6.45, 7) is 1.41. The molecule has 136 valence electrons. The Labute approximate surface area is 153 Å². The predicted octanol–water partition coefficient (Wildman–Crippen LogP) is 2.87. The van der Waals surface area contributed by atoms with Crippen LogP contribution < -0.4 is 4.90 Å². The van der Waals surface area contributed by atoms with Crippen LogP contribution in [0, 0.1) is 0 Å². The van der Waals surface area contributed by atoms with Crippen molar-refractivity contribution in [1.82, 2.24) is 9.88 Å². The standard InChI is InChI=1S/C20H23N3O3/c24-15-18(25)17-9-7-16(8-10-17)14-23(19-6-2-3-11-21-19)20(26)22-12-4-1-5-13-22/h2-3,6-11,24H,1,4-5,12-15H2. The number of carbonyl (C=O) groups excluding carboxylic acids is 2. The van der Waals surface area contributed by atoms with Crippen molar-refractivity contribution < 1.29 is 14.7 Å². The van der Waals surface area contributed by atoms with Crippen molar-refractivity contribution in [2.45, 2.75) is 25.8 Å². The van der Waals surface area contributed by atoms with Crippen LogP contribution in [0.2, 0.25) is 0 Å². The number of likely N-dealkylation sites (tertiary alicyclic amines) is 1. The number of nitrogens with zero attached hydrogens (tertiary/aromatic N) is 3. The van der Waals surface area contributed by atoms with Gasteiger partial charge in [0, 0.05) is 24.8 Å². The number of hydrogen-bond donors (Lipinski definition) is 1. The molecule has 1 aromatic heterocycles. The summed E-state index contributed by atoms with van der Waals surface area (Å²) >= 11 is 0. The van der Waals surface area contributed by atoms with Crippen LogP contribution in [-0.4, -0.2) is 46.5 Å². The molecule has 1 aliphatic heterocycles. The first kappa shape index (κ1) is 18.1. The Morgan fingerprint density at radius 1 is 1.04 bits per heavy atom. The van der Waals surface area contributed by atoms with Crippen molar-refractivity contribution in [3.8, 4) is 0 Å². The fourth-order valence-electron chi connectivity index (χ4n) is 3.09. The average molecular weight is 353 g/mol. The molecule has 2 amide bonds. The lowest BCUT2D eigenvalue weighted by molar-refractivity contribution is 0.0903. The maximum Gasteiger partial charge on any atom is 0.325 e. The predicted molar refractivity (Wildman–Crippen MR) is 99.1 cm³/mol. The summed E-state index contributed by atoms with van der Waals surface area (Å²) in [6, 6.07) is 12.4. The number of pyridine rings is 1. The van der Waals surface area contributed by atoms with E-state index in [-0.39, 0.29) is 11.8 Å². The van der Waals surface area contributed by atoms with E-state index >= 15 is 0 Å². The Bertz CT molecular complexity index is 741. The van der Waals surface area contributed by atoms with E-state index in [1.807, 2.05) is 35.2 Å². The second-order valence-electron chi connectivity index (χ2n) is 6.38. The first-order valence-corrected chi connectivity index (χ1v) is 8.89. The molecule has 0 aliphatic carbocycles. The maximum atomic E-state index is 13.0. The molecular weight excluding hydrogens is 330 g/mol. The zero-order valence-electron chi connectivity index (χ0n) is 14.7. The normalized spacial score (nSPS) is 14.1. The molecule has 1 fully saturated rings. The van der Waals surface area contributed by atoms with Crippen molar-refractivity contribution in [2.75, 3.05) is 24.6 Å². The summed E-state index contributed by atoms with van der Waals surface area (Å²) in [5.74, 6) is 0.293. The van der Waals surface area contributed by atoms with Crippen LogP contribution in [0.25, 0.3) is 0 Å². The summed E-state index contributed by atoms with van der Waals surface area (Å²) in [6.07, 6.45) is 4.89. The highest BCUT2D eigenvalue weighted by molar-refractivity contribution is 5.97. The second kappa shape index (κ2) is 8.58. The quantitative estimate of drug-likeness (QED) is 0.839. The zero-order valence-corrected chi connectivity index (χ0v) is 14.7. The highest BCUT2D eigenvalue weighted by Gasteiger charge is 2.24. The highest BCUT2D eigenvalue weighted by atomic mass is 16.3. The van der Waals surface area contributed by atoms with Gasteiger partial charge in [-0.05, 0) is 37.0 Å². The number of ketones is 1. The zero-order chi connectivity index (χ0) is 18.4. The third kappa shape index (κ3) is 4.26. The molecule has 0 unspecified atom stereocenters. The van der Waals surface area contributed by atoms with Gasteiger partial charge in [-0.2, -0.15) is 0 Å². The third-order valence-corrected chi connectivity index (χ3v) is 4.54. The van der Waals surface area contributed by atoms with Gasteiger partial charge < -0.3 is 10.0 Å². The molecule has 0 bridgehead atoms. The van der Waals surface area contributed by atoms with E-state index in [4.69, 9.17) is 5.11 Å². The van der Waals surface area contributed by atoms with E-state index in [2.05, 4.69) is 4.98 Å². The second-order valence-corrected chi connectivity index (χ2v) is 6.38. The topological polar surface area (TPSA) is 73.7 Å². The third-order valence-electron chi connectivity index (χ3n) is 4.54. The highest BCUT2D eigenvalue weighted by Crippen LogP contribution is 2.19. The van der Waals surface area contributed by atoms with E-state index in [0.29, 0.717) is 17.9 Å². The molecule has 2 heterocycles. The van der Waals surface area contributed by atoms with E-state index in [1.165, 1.54) is 0 Å². The van der Waals surface area contributed by atoms with E-state index in [9.17, 15) is 9.59 Å². The number of benzene rings is 1. The van der Waals surface area contributed by atoms with Gasteiger partial charge in [0.2, 0.25) is 0 Å². The van der Waals surface area contributed by atoms with E-state index in [1.54, 1.807) is 23.2 Å². The molecule has 1 aliphatic rings. The van der Waals surface area contributed by atoms with Gasteiger partial charge in [0.25, 0.3) is 0 Å². The molecule has 6 heteroatoms. The minimum atomic E-state index is -0.507. The van der Waals surface area contributed by atoms with Gasteiger partial charge in [0.1, 0.15) is 12.4 Å². The molecular formula is C20H23N3O3. The lowest BCUT2D eigenvalue weighted by Crippen LogP contribution is -2.45. The lowest BCUT2D eigenvalue weighted by atomic mass is 10.1. The number of aliphatic hydroxyl groups excluding tert-OH is 1. The van der Waals surface area contributed by atoms with E-state index < -0.39 is 6.61 Å². The summed E-state index contributed by atoms with van der Waals surface area (Å²) in [5, 5.41) is 8.95. The number of anilines is 1. The van der Waals surface area contributed by atoms with Gasteiger partial charge in [-0.15, -0.1) is 0 Å². The molecule has 1 saturated heterocycles. The van der Waals surface area contributed by atoms with Crippen LogP contribution in [0.5, 0.6) is 0 Å². The molecule has 6 nitrogen and oxygen atoms in total. The number of amides is 2. The van der Waals surface area contributed by atoms with Gasteiger partial charge >= 0.3 is 6.03 Å². The van der Waals surface area contributed by atoms with E-state index in [0.717, 1.165) is 37.9 Å². The molecule has 0 radical (unpaired) electrons. The van der Waals surface area contributed by atoms with Crippen molar-refractivity contribution in [1.29, 1.82) is 0 Å². The number of aromatic nitrogens is 1. The average Bonchev–Trinajstić information content (AvgIpc) is 2.72. The van der Waals surface area contributed by atoms with Crippen LogP contribution >= 0.6 is 0 Å². The van der Waals surface area contributed by atoms with Gasteiger partial charge in [-0.1, -0.05) is 30.3 Å². The van der Waals surface area contributed by atoms with Crippen molar-refractivity contribution >= 4 is 17.6 Å².